The number of thiazole rings is 1. The Labute approximate surface area is 95.8 Å². The Morgan fingerprint density at radius 3 is 2.93 bits per heavy atom. The number of benzene rings is 1. The smallest absolute Gasteiger partial charge is 0.181 e. The first kappa shape index (κ1) is 10.8. The molecule has 2 aromatic rings. The minimum absolute atomic E-state index is 0.732. The Morgan fingerprint density at radius 2 is 2.20 bits per heavy atom. The van der Waals surface area contributed by atoms with E-state index in [1.807, 2.05) is 24.3 Å². The lowest BCUT2D eigenvalue weighted by Crippen LogP contribution is -1.96. The predicted octanol–water partition coefficient (Wildman–Crippen LogP) is 3.20. The van der Waals surface area contributed by atoms with Crippen molar-refractivity contribution in [3.05, 3.63) is 24.3 Å². The highest BCUT2D eigenvalue weighted by Crippen LogP contribution is 2.24. The van der Waals surface area contributed by atoms with E-state index in [2.05, 4.69) is 11.9 Å². The molecule has 0 radical (unpaired) electrons. The Balaban J connectivity index is 2.25. The van der Waals surface area contributed by atoms with Crippen molar-refractivity contribution < 1.29 is 4.21 Å². The van der Waals surface area contributed by atoms with E-state index in [0.717, 1.165) is 33.2 Å². The molecule has 2 nitrogen and oxygen atoms in total. The van der Waals surface area contributed by atoms with Gasteiger partial charge in [-0.05, 0) is 18.6 Å². The molecule has 0 amide bonds. The molecule has 80 valence electrons. The molecule has 0 unspecified atom stereocenters. The number of unbranched alkanes of at least 4 members (excludes halogenated alkanes) is 1. The van der Waals surface area contributed by atoms with E-state index >= 15 is 0 Å². The van der Waals surface area contributed by atoms with Gasteiger partial charge in [-0.3, -0.25) is 4.21 Å². The molecule has 0 saturated carbocycles. The van der Waals surface area contributed by atoms with E-state index < -0.39 is 10.8 Å². The zero-order valence-corrected chi connectivity index (χ0v) is 10.2. The molecule has 0 aliphatic rings. The van der Waals surface area contributed by atoms with Crippen molar-refractivity contribution in [3.63, 3.8) is 0 Å². The summed E-state index contributed by atoms with van der Waals surface area (Å²) in [6, 6.07) is 7.93. The van der Waals surface area contributed by atoms with Crippen LogP contribution in [0.2, 0.25) is 0 Å². The van der Waals surface area contributed by atoms with Crippen molar-refractivity contribution in [1.82, 2.24) is 4.98 Å². The van der Waals surface area contributed by atoms with Crippen LogP contribution in [0.4, 0.5) is 0 Å². The van der Waals surface area contributed by atoms with Gasteiger partial charge in [0.05, 0.1) is 21.0 Å². The van der Waals surface area contributed by atoms with Gasteiger partial charge in [-0.1, -0.05) is 25.5 Å². The van der Waals surface area contributed by atoms with Crippen molar-refractivity contribution >= 4 is 32.4 Å². The summed E-state index contributed by atoms with van der Waals surface area (Å²) in [5, 5.41) is 0. The van der Waals surface area contributed by atoms with Crippen molar-refractivity contribution in [3.8, 4) is 0 Å². The van der Waals surface area contributed by atoms with Gasteiger partial charge >= 0.3 is 0 Å². The van der Waals surface area contributed by atoms with Crippen LogP contribution in [0.15, 0.2) is 28.6 Å². The zero-order chi connectivity index (χ0) is 10.7. The van der Waals surface area contributed by atoms with Gasteiger partial charge in [-0.2, -0.15) is 0 Å². The molecule has 0 saturated heterocycles. The summed E-state index contributed by atoms with van der Waals surface area (Å²) in [6.07, 6.45) is 2.08. The topological polar surface area (TPSA) is 30.0 Å². The Kier molecular flexibility index (Phi) is 3.49. The first-order valence-corrected chi connectivity index (χ1v) is 7.18. The van der Waals surface area contributed by atoms with E-state index in [0.29, 0.717) is 0 Å². The average molecular weight is 239 g/mol. The third-order valence-corrected chi connectivity index (χ3v) is 4.93. The second kappa shape index (κ2) is 4.86. The third kappa shape index (κ3) is 2.44. The molecule has 1 aromatic heterocycles. The van der Waals surface area contributed by atoms with Crippen LogP contribution in [0, 0.1) is 0 Å². The minimum atomic E-state index is -0.909. The molecule has 0 aliphatic heterocycles. The average Bonchev–Trinajstić information content (AvgIpc) is 2.69. The first-order chi connectivity index (χ1) is 7.31. The molecule has 1 atom stereocenters. The van der Waals surface area contributed by atoms with Crippen LogP contribution in [0.1, 0.15) is 19.8 Å². The molecular formula is C11H13NOS2. The molecule has 2 rings (SSSR count). The number of fused-ring (bicyclic) bond motifs is 1. The molecular weight excluding hydrogens is 226 g/mol. The zero-order valence-electron chi connectivity index (χ0n) is 8.60. The molecule has 0 spiro atoms. The SMILES string of the molecule is CCCC[S@](=O)c1nc2ccccc2s1. The second-order valence-electron chi connectivity index (χ2n) is 3.35. The highest BCUT2D eigenvalue weighted by molar-refractivity contribution is 7.87. The molecule has 15 heavy (non-hydrogen) atoms. The van der Waals surface area contributed by atoms with E-state index in [-0.39, 0.29) is 0 Å². The summed E-state index contributed by atoms with van der Waals surface area (Å²) in [7, 11) is -0.909. The maximum atomic E-state index is 11.8. The maximum absolute atomic E-state index is 11.8. The van der Waals surface area contributed by atoms with Crippen molar-refractivity contribution in [1.29, 1.82) is 0 Å². The number of rotatable bonds is 4. The number of hydrogen-bond acceptors (Lipinski definition) is 3. The standard InChI is InChI=1S/C11H13NOS2/c1-2-3-8-15(13)11-12-9-6-4-5-7-10(9)14-11/h4-7H,2-3,8H2,1H3/t15-/m0/s1. The van der Waals surface area contributed by atoms with Crippen LogP contribution in [-0.4, -0.2) is 14.9 Å². The summed E-state index contributed by atoms with van der Waals surface area (Å²) < 4.78 is 13.7. The van der Waals surface area contributed by atoms with Crippen LogP contribution < -0.4 is 0 Å². The minimum Gasteiger partial charge on any atom is -0.252 e. The fraction of sp³-hybridized carbons (Fsp3) is 0.364. The molecule has 0 N–H and O–H groups in total. The highest BCUT2D eigenvalue weighted by atomic mass is 32.2. The lowest BCUT2D eigenvalue weighted by atomic mass is 10.3. The van der Waals surface area contributed by atoms with E-state index in [1.165, 1.54) is 0 Å². The van der Waals surface area contributed by atoms with E-state index in [9.17, 15) is 4.21 Å². The summed E-state index contributed by atoms with van der Waals surface area (Å²) in [4.78, 5) is 4.38. The van der Waals surface area contributed by atoms with Gasteiger partial charge in [0, 0.05) is 5.75 Å². The molecule has 0 fully saturated rings. The monoisotopic (exact) mass is 239 g/mol. The fourth-order valence-electron chi connectivity index (χ4n) is 1.31. The van der Waals surface area contributed by atoms with Crippen LogP contribution in [0.3, 0.4) is 0 Å². The summed E-state index contributed by atoms with van der Waals surface area (Å²) >= 11 is 1.54. The third-order valence-electron chi connectivity index (χ3n) is 2.15. The van der Waals surface area contributed by atoms with Gasteiger partial charge in [-0.15, -0.1) is 11.3 Å². The Hall–Kier alpha value is -0.740. The van der Waals surface area contributed by atoms with Gasteiger partial charge in [0.25, 0.3) is 0 Å². The molecule has 0 bridgehead atoms. The normalized spacial score (nSPS) is 13.1. The predicted molar refractivity (Wildman–Crippen MR) is 65.8 cm³/mol. The first-order valence-electron chi connectivity index (χ1n) is 5.05. The highest BCUT2D eigenvalue weighted by Gasteiger charge is 2.09. The van der Waals surface area contributed by atoms with Crippen LogP contribution in [0.25, 0.3) is 10.2 Å². The number of aromatic nitrogens is 1. The summed E-state index contributed by atoms with van der Waals surface area (Å²) in [5.74, 6) is 0.732. The van der Waals surface area contributed by atoms with Crippen molar-refractivity contribution in [2.75, 3.05) is 5.75 Å². The van der Waals surface area contributed by atoms with Gasteiger partial charge < -0.3 is 0 Å². The molecule has 4 heteroatoms. The summed E-state index contributed by atoms with van der Waals surface area (Å²) in [6.45, 7) is 2.11. The van der Waals surface area contributed by atoms with Crippen LogP contribution >= 0.6 is 11.3 Å². The Morgan fingerprint density at radius 1 is 1.40 bits per heavy atom. The molecule has 1 heterocycles. The van der Waals surface area contributed by atoms with Gasteiger partial charge in [0.15, 0.2) is 4.34 Å². The van der Waals surface area contributed by atoms with Gasteiger partial charge in [-0.25, -0.2) is 4.98 Å². The van der Waals surface area contributed by atoms with Gasteiger partial charge in [0.1, 0.15) is 0 Å². The Bertz CT molecular complexity index is 445. The number of hydrogen-bond donors (Lipinski definition) is 0. The van der Waals surface area contributed by atoms with E-state index in [4.69, 9.17) is 0 Å². The quantitative estimate of drug-likeness (QED) is 0.820. The second-order valence-corrected chi connectivity index (χ2v) is 6.13. The molecule has 1 aromatic carbocycles. The number of para-hydroxylation sites is 1. The van der Waals surface area contributed by atoms with Gasteiger partial charge in [0.2, 0.25) is 0 Å². The van der Waals surface area contributed by atoms with Crippen molar-refractivity contribution in [2.24, 2.45) is 0 Å². The van der Waals surface area contributed by atoms with Crippen molar-refractivity contribution in [2.45, 2.75) is 24.1 Å². The fourth-order valence-corrected chi connectivity index (χ4v) is 3.82. The lowest BCUT2D eigenvalue weighted by Gasteiger charge is -1.94. The molecule has 0 aliphatic carbocycles. The summed E-state index contributed by atoms with van der Waals surface area (Å²) in [5.41, 5.74) is 0.961. The van der Waals surface area contributed by atoms with Crippen LogP contribution in [-0.2, 0) is 10.8 Å². The lowest BCUT2D eigenvalue weighted by molar-refractivity contribution is 0.679. The maximum Gasteiger partial charge on any atom is 0.181 e. The van der Waals surface area contributed by atoms with E-state index in [1.54, 1.807) is 11.3 Å². The van der Waals surface area contributed by atoms with Crippen LogP contribution in [0.5, 0.6) is 0 Å². The number of nitrogens with zero attached hydrogens (tertiary/aromatic N) is 1. The largest absolute Gasteiger partial charge is 0.252 e.